The molecule has 0 aliphatic heterocycles. The lowest BCUT2D eigenvalue weighted by atomic mass is 10.2. The number of alkyl halides is 3. The van der Waals surface area contributed by atoms with E-state index in [0.29, 0.717) is 11.8 Å². The van der Waals surface area contributed by atoms with Gasteiger partial charge in [0, 0.05) is 0 Å². The van der Waals surface area contributed by atoms with Gasteiger partial charge in [0.05, 0.1) is 18.4 Å². The summed E-state index contributed by atoms with van der Waals surface area (Å²) in [6.45, 7) is 2.79. The van der Waals surface area contributed by atoms with Gasteiger partial charge in [-0.2, -0.15) is 13.2 Å². The van der Waals surface area contributed by atoms with Crippen LogP contribution in [0.25, 0.3) is 0 Å². The molecule has 0 amide bonds. The highest BCUT2D eigenvalue weighted by Crippen LogP contribution is 2.40. The van der Waals surface area contributed by atoms with Gasteiger partial charge >= 0.3 is 6.18 Å². The minimum absolute atomic E-state index is 0.000766. The van der Waals surface area contributed by atoms with Gasteiger partial charge in [-0.05, 0) is 44.2 Å². The van der Waals surface area contributed by atoms with Crippen LogP contribution in [0.4, 0.5) is 18.9 Å². The quantitative estimate of drug-likeness (QED) is 0.583. The van der Waals surface area contributed by atoms with E-state index < -0.39 is 27.5 Å². The number of aryl methyl sites for hydroxylation is 2. The van der Waals surface area contributed by atoms with E-state index in [9.17, 15) is 21.6 Å². The zero-order valence-electron chi connectivity index (χ0n) is 16.1. The van der Waals surface area contributed by atoms with Crippen molar-refractivity contribution in [3.63, 3.8) is 0 Å². The van der Waals surface area contributed by atoms with E-state index in [-0.39, 0.29) is 27.8 Å². The second kappa shape index (κ2) is 7.90. The first kappa shape index (κ1) is 21.5. The summed E-state index contributed by atoms with van der Waals surface area (Å²) < 4.78 is 83.1. The molecule has 0 radical (unpaired) electrons. The summed E-state index contributed by atoms with van der Waals surface area (Å²) in [5.74, 6) is 0.358. The molecule has 0 fully saturated rings. The molecule has 1 N–H and O–H groups in total. The summed E-state index contributed by atoms with van der Waals surface area (Å²) in [6.07, 6.45) is -4.69. The van der Waals surface area contributed by atoms with Crippen molar-refractivity contribution in [1.29, 1.82) is 0 Å². The van der Waals surface area contributed by atoms with Crippen LogP contribution in [0.5, 0.6) is 17.2 Å². The highest BCUT2D eigenvalue weighted by atomic mass is 32.2. The third-order valence-electron chi connectivity index (χ3n) is 4.08. The van der Waals surface area contributed by atoms with Crippen molar-refractivity contribution in [2.45, 2.75) is 24.9 Å². The normalized spacial score (nSPS) is 11.9. The second-order valence-corrected chi connectivity index (χ2v) is 7.84. The van der Waals surface area contributed by atoms with Crippen LogP contribution >= 0.6 is 0 Å². The Morgan fingerprint density at radius 2 is 1.70 bits per heavy atom. The molecule has 0 saturated heterocycles. The van der Waals surface area contributed by atoms with Gasteiger partial charge in [0.15, 0.2) is 27.9 Å². The molecule has 3 aromatic rings. The molecule has 160 valence electrons. The molecule has 11 heteroatoms. The lowest BCUT2D eigenvalue weighted by molar-refractivity contribution is -0.137. The van der Waals surface area contributed by atoms with Crippen molar-refractivity contribution in [2.75, 3.05) is 11.8 Å². The zero-order valence-corrected chi connectivity index (χ0v) is 16.9. The number of aromatic nitrogens is 1. The summed E-state index contributed by atoms with van der Waals surface area (Å²) in [5.41, 5.74) is -1.39. The third-order valence-corrected chi connectivity index (χ3v) is 5.69. The van der Waals surface area contributed by atoms with Crippen LogP contribution in [0.15, 0.2) is 51.9 Å². The Kier molecular flexibility index (Phi) is 5.66. The molecule has 0 aliphatic carbocycles. The monoisotopic (exact) mass is 442 g/mol. The van der Waals surface area contributed by atoms with Gasteiger partial charge < -0.3 is 14.0 Å². The van der Waals surface area contributed by atoms with Crippen LogP contribution < -0.4 is 14.2 Å². The molecule has 0 atom stereocenters. The molecular weight excluding hydrogens is 425 g/mol. The number of para-hydroxylation sites is 2. The van der Waals surface area contributed by atoms with Gasteiger partial charge in [-0.1, -0.05) is 17.3 Å². The maximum atomic E-state index is 13.2. The average molecular weight is 442 g/mol. The summed E-state index contributed by atoms with van der Waals surface area (Å²) >= 11 is 0. The van der Waals surface area contributed by atoms with E-state index in [2.05, 4.69) is 9.88 Å². The minimum atomic E-state index is -4.69. The Bertz CT molecular complexity index is 1150. The SMILES string of the molecule is COc1ccccc1Oc1ccc(C(F)(F)F)cc1NS(=O)(=O)c1c(C)noc1C. The van der Waals surface area contributed by atoms with E-state index in [1.165, 1.54) is 27.0 Å². The van der Waals surface area contributed by atoms with Gasteiger partial charge in [0.25, 0.3) is 10.0 Å². The number of nitrogens with one attached hydrogen (secondary N) is 1. The number of anilines is 1. The molecule has 2 aromatic carbocycles. The van der Waals surface area contributed by atoms with Crippen molar-refractivity contribution in [1.82, 2.24) is 5.16 Å². The van der Waals surface area contributed by atoms with E-state index in [1.54, 1.807) is 18.2 Å². The number of nitrogens with zero attached hydrogens (tertiary/aromatic N) is 1. The maximum Gasteiger partial charge on any atom is 0.416 e. The number of rotatable bonds is 6. The van der Waals surface area contributed by atoms with Gasteiger partial charge in [-0.3, -0.25) is 4.72 Å². The van der Waals surface area contributed by atoms with E-state index in [4.69, 9.17) is 14.0 Å². The van der Waals surface area contributed by atoms with Crippen molar-refractivity contribution >= 4 is 15.7 Å². The topological polar surface area (TPSA) is 90.7 Å². The van der Waals surface area contributed by atoms with Crippen molar-refractivity contribution in [3.05, 3.63) is 59.5 Å². The van der Waals surface area contributed by atoms with Gasteiger partial charge in [-0.15, -0.1) is 0 Å². The fraction of sp³-hybridized carbons (Fsp3) is 0.211. The fourth-order valence-electron chi connectivity index (χ4n) is 2.75. The molecule has 0 bridgehead atoms. The number of methoxy groups -OCH3 is 1. The molecule has 0 aliphatic rings. The second-order valence-electron chi connectivity index (χ2n) is 6.22. The first-order valence-electron chi connectivity index (χ1n) is 8.50. The van der Waals surface area contributed by atoms with E-state index >= 15 is 0 Å². The van der Waals surface area contributed by atoms with E-state index in [1.807, 2.05) is 0 Å². The van der Waals surface area contributed by atoms with Crippen molar-refractivity contribution < 1.29 is 35.6 Å². The number of halogens is 3. The van der Waals surface area contributed by atoms with E-state index in [0.717, 1.165) is 12.1 Å². The predicted octanol–water partition coefficient (Wildman–Crippen LogP) is 4.91. The Hall–Kier alpha value is -3.21. The molecule has 30 heavy (non-hydrogen) atoms. The first-order chi connectivity index (χ1) is 14.0. The standard InChI is InChI=1S/C19H17F3N2O5S/c1-11-18(12(2)29-23-11)30(25,26)24-14-10-13(19(20,21)22)8-9-15(14)28-17-7-5-4-6-16(17)27-3/h4-10,24H,1-3H3. The molecular formula is C19H17F3N2O5S. The first-order valence-corrected chi connectivity index (χ1v) is 9.99. The van der Waals surface area contributed by atoms with Crippen LogP contribution in [0.3, 0.4) is 0 Å². The van der Waals surface area contributed by atoms with Crippen LogP contribution in [0.1, 0.15) is 17.0 Å². The van der Waals surface area contributed by atoms with Gasteiger partial charge in [0.2, 0.25) is 0 Å². The van der Waals surface area contributed by atoms with Crippen molar-refractivity contribution in [3.8, 4) is 17.2 Å². The fourth-order valence-corrected chi connectivity index (χ4v) is 4.14. The highest BCUT2D eigenvalue weighted by molar-refractivity contribution is 7.92. The van der Waals surface area contributed by atoms with Crippen LogP contribution in [-0.2, 0) is 16.2 Å². The zero-order chi connectivity index (χ0) is 22.1. The summed E-state index contributed by atoms with van der Waals surface area (Å²) in [7, 11) is -2.91. The predicted molar refractivity (Wildman–Crippen MR) is 101 cm³/mol. The van der Waals surface area contributed by atoms with Gasteiger partial charge in [-0.25, -0.2) is 8.42 Å². The number of benzene rings is 2. The smallest absolute Gasteiger partial charge is 0.416 e. The Morgan fingerprint density at radius 1 is 1.03 bits per heavy atom. The molecule has 1 heterocycles. The molecule has 0 spiro atoms. The van der Waals surface area contributed by atoms with Gasteiger partial charge in [0.1, 0.15) is 5.69 Å². The van der Waals surface area contributed by atoms with Crippen molar-refractivity contribution in [2.24, 2.45) is 0 Å². The number of hydrogen-bond acceptors (Lipinski definition) is 6. The Balaban J connectivity index is 2.08. The lowest BCUT2D eigenvalue weighted by Crippen LogP contribution is -2.16. The number of ether oxygens (including phenoxy) is 2. The maximum absolute atomic E-state index is 13.2. The lowest BCUT2D eigenvalue weighted by Gasteiger charge is -2.17. The molecule has 3 rings (SSSR count). The highest BCUT2D eigenvalue weighted by Gasteiger charge is 2.33. The molecule has 1 aromatic heterocycles. The summed E-state index contributed by atoms with van der Waals surface area (Å²) in [5, 5.41) is 3.57. The summed E-state index contributed by atoms with van der Waals surface area (Å²) in [6, 6.07) is 8.91. The average Bonchev–Trinajstić information content (AvgIpc) is 3.01. The largest absolute Gasteiger partial charge is 0.493 e. The Labute approximate surface area is 170 Å². The van der Waals surface area contributed by atoms with Crippen LogP contribution in [0, 0.1) is 13.8 Å². The van der Waals surface area contributed by atoms with Crippen LogP contribution in [0.2, 0.25) is 0 Å². The minimum Gasteiger partial charge on any atom is -0.493 e. The summed E-state index contributed by atoms with van der Waals surface area (Å²) in [4.78, 5) is -0.261. The molecule has 7 nitrogen and oxygen atoms in total. The number of sulfonamides is 1. The third kappa shape index (κ3) is 4.35. The van der Waals surface area contributed by atoms with Crippen LogP contribution in [-0.4, -0.2) is 20.7 Å². The molecule has 0 unspecified atom stereocenters. The molecule has 0 saturated carbocycles. The number of hydrogen-bond donors (Lipinski definition) is 1. The Morgan fingerprint density at radius 3 is 2.27 bits per heavy atom.